The number of methoxy groups -OCH3 is 1. The second-order valence-electron chi connectivity index (χ2n) is 5.17. The number of carbonyl (C=O) groups is 1. The Morgan fingerprint density at radius 2 is 1.95 bits per heavy atom. The quantitative estimate of drug-likeness (QED) is 0.812. The number of nitrogens with one attached hydrogen (secondary N) is 1. The van der Waals surface area contributed by atoms with E-state index in [0.717, 1.165) is 17.7 Å². The van der Waals surface area contributed by atoms with Gasteiger partial charge in [0.2, 0.25) is 0 Å². The molecule has 0 aromatic heterocycles. The molecule has 0 saturated carbocycles. The van der Waals surface area contributed by atoms with Gasteiger partial charge in [-0.2, -0.15) is 0 Å². The van der Waals surface area contributed by atoms with Crippen LogP contribution in [0.3, 0.4) is 0 Å². The van der Waals surface area contributed by atoms with E-state index in [1.54, 1.807) is 31.1 Å². The van der Waals surface area contributed by atoms with Gasteiger partial charge in [-0.25, -0.2) is 4.79 Å². The summed E-state index contributed by atoms with van der Waals surface area (Å²) >= 11 is 0. The molecule has 0 saturated heterocycles. The summed E-state index contributed by atoms with van der Waals surface area (Å²) in [7, 11) is 1.63. The van der Waals surface area contributed by atoms with Crippen LogP contribution >= 0.6 is 0 Å². The van der Waals surface area contributed by atoms with Crippen molar-refractivity contribution in [1.82, 2.24) is 4.90 Å². The van der Waals surface area contributed by atoms with Gasteiger partial charge in [0.05, 0.1) is 12.7 Å². The lowest BCUT2D eigenvalue weighted by Gasteiger charge is -2.28. The van der Waals surface area contributed by atoms with E-state index >= 15 is 0 Å². The van der Waals surface area contributed by atoms with Crippen LogP contribution in [0.2, 0.25) is 0 Å². The lowest BCUT2D eigenvalue weighted by molar-refractivity contribution is 0.138. The first-order valence-corrected chi connectivity index (χ1v) is 7.34. The molecule has 2 unspecified atom stereocenters. The van der Waals surface area contributed by atoms with Crippen molar-refractivity contribution >= 4 is 11.7 Å². The van der Waals surface area contributed by atoms with E-state index in [-0.39, 0.29) is 12.1 Å². The average Bonchev–Trinajstić information content (AvgIpc) is 2.47. The normalized spacial score (nSPS) is 13.6. The monoisotopic (exact) mass is 294 g/mol. The molecule has 0 heterocycles. The average molecular weight is 294 g/mol. The van der Waals surface area contributed by atoms with Crippen molar-refractivity contribution in [2.24, 2.45) is 0 Å². The predicted octanol–water partition coefficient (Wildman–Crippen LogP) is 3.02. The van der Waals surface area contributed by atoms with Crippen LogP contribution in [0.4, 0.5) is 10.5 Å². The summed E-state index contributed by atoms with van der Waals surface area (Å²) in [5.41, 5.74) is 1.54. The number of anilines is 1. The van der Waals surface area contributed by atoms with Gasteiger partial charge in [-0.15, -0.1) is 0 Å². The van der Waals surface area contributed by atoms with E-state index in [4.69, 9.17) is 4.74 Å². The Morgan fingerprint density at radius 1 is 1.33 bits per heavy atom. The smallest absolute Gasteiger partial charge is 0.322 e. The topological polar surface area (TPSA) is 61.8 Å². The van der Waals surface area contributed by atoms with Crippen molar-refractivity contribution in [3.05, 3.63) is 29.8 Å². The predicted molar refractivity (Wildman–Crippen MR) is 84.4 cm³/mol. The highest BCUT2D eigenvalue weighted by atomic mass is 16.5. The first-order chi connectivity index (χ1) is 9.99. The first-order valence-electron chi connectivity index (χ1n) is 7.34. The van der Waals surface area contributed by atoms with Crippen LogP contribution in [0.25, 0.3) is 0 Å². The fraction of sp³-hybridized carbons (Fsp3) is 0.562. The van der Waals surface area contributed by atoms with Crippen LogP contribution in [0.5, 0.6) is 0 Å². The molecule has 21 heavy (non-hydrogen) atoms. The fourth-order valence-corrected chi connectivity index (χ4v) is 1.97. The third-order valence-electron chi connectivity index (χ3n) is 3.56. The number of aliphatic hydroxyl groups is 1. The fourth-order valence-electron chi connectivity index (χ4n) is 1.97. The van der Waals surface area contributed by atoms with Gasteiger partial charge in [0.25, 0.3) is 0 Å². The first kappa shape index (κ1) is 17.5. The molecule has 0 fully saturated rings. The van der Waals surface area contributed by atoms with E-state index in [9.17, 15) is 9.90 Å². The number of benzene rings is 1. The van der Waals surface area contributed by atoms with Crippen molar-refractivity contribution in [3.63, 3.8) is 0 Å². The van der Waals surface area contributed by atoms with Gasteiger partial charge >= 0.3 is 6.03 Å². The van der Waals surface area contributed by atoms with Crippen molar-refractivity contribution < 1.29 is 14.6 Å². The van der Waals surface area contributed by atoms with Gasteiger partial charge in [0.1, 0.15) is 0 Å². The molecule has 1 aromatic rings. The summed E-state index contributed by atoms with van der Waals surface area (Å²) in [5.74, 6) is 0. The minimum Gasteiger partial charge on any atom is -0.389 e. The maximum absolute atomic E-state index is 12.3. The summed E-state index contributed by atoms with van der Waals surface area (Å²) in [5, 5.41) is 12.4. The lowest BCUT2D eigenvalue weighted by atomic mass is 10.1. The largest absolute Gasteiger partial charge is 0.389 e. The number of ether oxygens (including phenoxy) is 1. The van der Waals surface area contributed by atoms with Gasteiger partial charge < -0.3 is 20.1 Å². The van der Waals surface area contributed by atoms with Crippen LogP contribution in [-0.2, 0) is 4.74 Å². The molecule has 1 rings (SSSR count). The Balaban J connectivity index is 2.71. The Labute approximate surface area is 126 Å². The Bertz CT molecular complexity index is 432. The maximum atomic E-state index is 12.3. The van der Waals surface area contributed by atoms with E-state index in [1.807, 2.05) is 19.1 Å². The molecular weight excluding hydrogens is 268 g/mol. The van der Waals surface area contributed by atoms with Crippen LogP contribution in [0.15, 0.2) is 24.3 Å². The number of urea groups is 1. The van der Waals surface area contributed by atoms with Crippen LogP contribution in [-0.4, -0.2) is 42.3 Å². The van der Waals surface area contributed by atoms with Gasteiger partial charge in [0.15, 0.2) is 0 Å². The number of rotatable bonds is 7. The number of nitrogens with zero attached hydrogens (tertiary/aromatic N) is 1. The lowest BCUT2D eigenvalue weighted by Crippen LogP contribution is -2.43. The molecule has 0 aliphatic carbocycles. The molecule has 5 heteroatoms. The van der Waals surface area contributed by atoms with Gasteiger partial charge in [-0.3, -0.25) is 0 Å². The summed E-state index contributed by atoms with van der Waals surface area (Å²) in [6.07, 6.45) is 0.381. The second-order valence-corrected chi connectivity index (χ2v) is 5.17. The maximum Gasteiger partial charge on any atom is 0.322 e. The third kappa shape index (κ3) is 5.36. The number of hydrogen-bond donors (Lipinski definition) is 2. The molecule has 0 bridgehead atoms. The molecule has 0 aliphatic heterocycles. The Kier molecular flexibility index (Phi) is 7.19. The molecule has 2 amide bonds. The molecule has 0 radical (unpaired) electrons. The Morgan fingerprint density at radius 3 is 2.43 bits per heavy atom. The van der Waals surface area contributed by atoms with Crippen LogP contribution in [0, 0.1) is 0 Å². The highest BCUT2D eigenvalue weighted by molar-refractivity contribution is 5.89. The number of amides is 2. The van der Waals surface area contributed by atoms with Crippen molar-refractivity contribution in [3.8, 4) is 0 Å². The van der Waals surface area contributed by atoms with E-state index in [0.29, 0.717) is 13.2 Å². The van der Waals surface area contributed by atoms with Crippen molar-refractivity contribution in [2.45, 2.75) is 39.3 Å². The molecular formula is C16H26N2O3. The van der Waals surface area contributed by atoms with E-state index in [2.05, 4.69) is 12.2 Å². The van der Waals surface area contributed by atoms with E-state index in [1.165, 1.54) is 0 Å². The summed E-state index contributed by atoms with van der Waals surface area (Å²) in [6.45, 7) is 6.85. The minimum absolute atomic E-state index is 0.133. The zero-order chi connectivity index (χ0) is 15.8. The highest BCUT2D eigenvalue weighted by Gasteiger charge is 2.18. The molecule has 0 aliphatic rings. The zero-order valence-corrected chi connectivity index (χ0v) is 13.3. The van der Waals surface area contributed by atoms with Gasteiger partial charge in [0, 0.05) is 25.4 Å². The molecule has 5 nitrogen and oxygen atoms in total. The third-order valence-corrected chi connectivity index (χ3v) is 3.56. The standard InChI is InChI=1S/C16H26N2O3/c1-5-12(2)18(10-11-21-4)16(20)17-15-8-6-14(7-9-15)13(3)19/h6-9,12-13,19H,5,10-11H2,1-4H3,(H,17,20). The molecule has 0 spiro atoms. The minimum atomic E-state index is -0.506. The summed E-state index contributed by atoms with van der Waals surface area (Å²) < 4.78 is 5.06. The molecule has 2 N–H and O–H groups in total. The zero-order valence-electron chi connectivity index (χ0n) is 13.3. The Hall–Kier alpha value is -1.59. The molecule has 2 atom stereocenters. The van der Waals surface area contributed by atoms with E-state index < -0.39 is 6.10 Å². The van der Waals surface area contributed by atoms with Crippen LogP contribution < -0.4 is 5.32 Å². The van der Waals surface area contributed by atoms with Gasteiger partial charge in [-0.1, -0.05) is 19.1 Å². The number of aliphatic hydroxyl groups excluding tert-OH is 1. The second kappa shape index (κ2) is 8.64. The SMILES string of the molecule is CCC(C)N(CCOC)C(=O)Nc1ccc(C(C)O)cc1. The van der Waals surface area contributed by atoms with Crippen molar-refractivity contribution in [1.29, 1.82) is 0 Å². The summed E-state index contributed by atoms with van der Waals surface area (Å²) in [6, 6.07) is 7.23. The number of hydrogen-bond acceptors (Lipinski definition) is 3. The molecule has 118 valence electrons. The summed E-state index contributed by atoms with van der Waals surface area (Å²) in [4.78, 5) is 14.1. The van der Waals surface area contributed by atoms with Crippen LogP contribution in [0.1, 0.15) is 38.9 Å². The number of carbonyl (C=O) groups excluding carboxylic acids is 1. The molecule has 1 aromatic carbocycles. The highest BCUT2D eigenvalue weighted by Crippen LogP contribution is 2.16. The van der Waals surface area contributed by atoms with Gasteiger partial charge in [-0.05, 0) is 38.0 Å². The van der Waals surface area contributed by atoms with Crippen molar-refractivity contribution in [2.75, 3.05) is 25.6 Å².